The monoisotopic (exact) mass is 483 g/mol. The number of hydrogen-bond donors (Lipinski definition) is 2. The summed E-state index contributed by atoms with van der Waals surface area (Å²) in [5.74, 6) is -0.339. The summed E-state index contributed by atoms with van der Waals surface area (Å²) >= 11 is 3.35. The number of nitrogens with one attached hydrogen (secondary N) is 2. The number of carbonyl (C=O) groups is 2. The molecule has 0 saturated heterocycles. The van der Waals surface area contributed by atoms with E-state index in [0.29, 0.717) is 23.7 Å². The molecular formula is C25H29N3O3S2. The van der Waals surface area contributed by atoms with Crippen molar-refractivity contribution in [3.63, 3.8) is 0 Å². The SMILES string of the molecule is CCOC(=O)c1c(NC(=O)NCc2c(-n3cccc3)sc3c2CCCC3)sc2c1CCCC2. The van der Waals surface area contributed by atoms with Gasteiger partial charge < -0.3 is 14.6 Å². The zero-order chi connectivity index (χ0) is 22.8. The molecule has 0 radical (unpaired) electrons. The number of amides is 2. The minimum atomic E-state index is -0.339. The van der Waals surface area contributed by atoms with Crippen molar-refractivity contribution < 1.29 is 14.3 Å². The van der Waals surface area contributed by atoms with Gasteiger partial charge in [-0.1, -0.05) is 0 Å². The van der Waals surface area contributed by atoms with Crippen LogP contribution in [0.15, 0.2) is 24.5 Å². The van der Waals surface area contributed by atoms with E-state index in [2.05, 4.69) is 27.6 Å². The third-order valence-corrected chi connectivity index (χ3v) is 8.96. The maximum Gasteiger partial charge on any atom is 0.341 e. The first-order valence-electron chi connectivity index (χ1n) is 11.8. The molecule has 2 amide bonds. The summed E-state index contributed by atoms with van der Waals surface area (Å²) in [5.41, 5.74) is 4.21. The molecule has 0 atom stereocenters. The van der Waals surface area contributed by atoms with Crippen molar-refractivity contribution in [1.82, 2.24) is 9.88 Å². The van der Waals surface area contributed by atoms with Crippen molar-refractivity contribution in [3.05, 3.63) is 56.5 Å². The van der Waals surface area contributed by atoms with Crippen LogP contribution in [0.1, 0.15) is 69.4 Å². The van der Waals surface area contributed by atoms with Gasteiger partial charge in [0.2, 0.25) is 0 Å². The Morgan fingerprint density at radius 3 is 2.36 bits per heavy atom. The standard InChI is InChI=1S/C25H29N3O3S2/c1-2-31-24(29)21-17-10-4-6-12-20(17)32-22(21)27-25(30)26-15-18-16-9-3-5-11-19(16)33-23(18)28-13-7-8-14-28/h7-8,13-14H,2-6,9-12,15H2,1H3,(H2,26,27,30). The number of esters is 1. The Morgan fingerprint density at radius 2 is 1.64 bits per heavy atom. The molecule has 0 bridgehead atoms. The van der Waals surface area contributed by atoms with Gasteiger partial charge in [0.1, 0.15) is 10.0 Å². The van der Waals surface area contributed by atoms with Crippen LogP contribution >= 0.6 is 22.7 Å². The molecule has 0 spiro atoms. The first-order valence-corrected chi connectivity index (χ1v) is 13.4. The van der Waals surface area contributed by atoms with Crippen LogP contribution in [-0.2, 0) is 37.0 Å². The van der Waals surface area contributed by atoms with E-state index in [4.69, 9.17) is 4.74 Å². The predicted molar refractivity (Wildman–Crippen MR) is 133 cm³/mol. The molecule has 2 aliphatic rings. The molecule has 0 unspecified atom stereocenters. The average Bonchev–Trinajstić information content (AvgIpc) is 3.54. The molecule has 0 aliphatic heterocycles. The largest absolute Gasteiger partial charge is 0.462 e. The van der Waals surface area contributed by atoms with Crippen LogP contribution in [0.5, 0.6) is 0 Å². The number of thiophene rings is 2. The van der Waals surface area contributed by atoms with E-state index in [-0.39, 0.29) is 12.0 Å². The van der Waals surface area contributed by atoms with Gasteiger partial charge in [-0.15, -0.1) is 22.7 Å². The molecule has 174 valence electrons. The zero-order valence-corrected chi connectivity index (χ0v) is 20.5. The average molecular weight is 484 g/mol. The smallest absolute Gasteiger partial charge is 0.341 e. The van der Waals surface area contributed by atoms with Crippen molar-refractivity contribution in [2.24, 2.45) is 0 Å². The molecule has 33 heavy (non-hydrogen) atoms. The number of aromatic nitrogens is 1. The molecule has 5 rings (SSSR count). The van der Waals surface area contributed by atoms with Crippen LogP contribution in [0.3, 0.4) is 0 Å². The van der Waals surface area contributed by atoms with Crippen molar-refractivity contribution in [1.29, 1.82) is 0 Å². The van der Waals surface area contributed by atoms with E-state index in [1.54, 1.807) is 6.92 Å². The lowest BCUT2D eigenvalue weighted by Gasteiger charge is -2.14. The van der Waals surface area contributed by atoms with E-state index >= 15 is 0 Å². The van der Waals surface area contributed by atoms with Crippen LogP contribution in [0, 0.1) is 0 Å². The molecule has 0 aromatic carbocycles. The highest BCUT2D eigenvalue weighted by molar-refractivity contribution is 7.17. The Bertz CT molecular complexity index is 1160. The maximum atomic E-state index is 12.9. The Kier molecular flexibility index (Phi) is 6.55. The summed E-state index contributed by atoms with van der Waals surface area (Å²) in [6.07, 6.45) is 12.7. The quantitative estimate of drug-likeness (QED) is 0.432. The second-order valence-electron chi connectivity index (χ2n) is 8.53. The third-order valence-electron chi connectivity index (χ3n) is 6.40. The molecule has 2 aliphatic carbocycles. The zero-order valence-electron chi connectivity index (χ0n) is 18.9. The number of ether oxygens (including phenoxy) is 1. The number of fused-ring (bicyclic) bond motifs is 2. The molecule has 3 aromatic rings. The summed E-state index contributed by atoms with van der Waals surface area (Å²) < 4.78 is 7.45. The Hall–Kier alpha value is -2.58. The Morgan fingerprint density at radius 1 is 0.970 bits per heavy atom. The van der Waals surface area contributed by atoms with Crippen molar-refractivity contribution in [2.75, 3.05) is 11.9 Å². The van der Waals surface area contributed by atoms with E-state index in [9.17, 15) is 9.59 Å². The fraction of sp³-hybridized carbons (Fsp3) is 0.440. The lowest BCUT2D eigenvalue weighted by atomic mass is 9.95. The highest BCUT2D eigenvalue weighted by Gasteiger charge is 2.27. The number of urea groups is 1. The summed E-state index contributed by atoms with van der Waals surface area (Å²) in [4.78, 5) is 28.3. The highest BCUT2D eigenvalue weighted by Crippen LogP contribution is 2.39. The molecule has 3 aromatic heterocycles. The van der Waals surface area contributed by atoms with Crippen molar-refractivity contribution >= 4 is 39.7 Å². The van der Waals surface area contributed by atoms with Crippen LogP contribution in [0.4, 0.5) is 9.80 Å². The summed E-state index contributed by atoms with van der Waals surface area (Å²) in [6.45, 7) is 2.59. The minimum Gasteiger partial charge on any atom is -0.462 e. The second-order valence-corrected chi connectivity index (χ2v) is 10.7. The Labute approximate surface area is 202 Å². The minimum absolute atomic E-state index is 0.284. The topological polar surface area (TPSA) is 72.4 Å². The van der Waals surface area contributed by atoms with Crippen LogP contribution in [-0.4, -0.2) is 23.2 Å². The van der Waals surface area contributed by atoms with Gasteiger partial charge in [0.05, 0.1) is 12.2 Å². The fourth-order valence-electron chi connectivity index (χ4n) is 4.87. The predicted octanol–water partition coefficient (Wildman–Crippen LogP) is 5.86. The second kappa shape index (κ2) is 9.73. The third kappa shape index (κ3) is 4.46. The van der Waals surface area contributed by atoms with E-state index in [0.717, 1.165) is 44.1 Å². The van der Waals surface area contributed by atoms with Gasteiger partial charge in [0.15, 0.2) is 0 Å². The number of anilines is 1. The lowest BCUT2D eigenvalue weighted by molar-refractivity contribution is 0.0526. The van der Waals surface area contributed by atoms with Gasteiger partial charge in [-0.2, -0.15) is 0 Å². The van der Waals surface area contributed by atoms with Crippen molar-refractivity contribution in [2.45, 2.75) is 64.8 Å². The van der Waals surface area contributed by atoms with Gasteiger partial charge in [0, 0.05) is 34.3 Å². The van der Waals surface area contributed by atoms with Gasteiger partial charge in [-0.25, -0.2) is 9.59 Å². The summed E-state index contributed by atoms with van der Waals surface area (Å²) in [5, 5.41) is 7.82. The fourth-order valence-corrected chi connectivity index (χ4v) is 7.51. The van der Waals surface area contributed by atoms with E-state index in [1.807, 2.05) is 23.5 Å². The van der Waals surface area contributed by atoms with Crippen LogP contribution < -0.4 is 10.6 Å². The number of aryl methyl sites for hydroxylation is 2. The molecule has 8 heteroatoms. The summed E-state index contributed by atoms with van der Waals surface area (Å²) in [6, 6.07) is 3.77. The first-order chi connectivity index (χ1) is 16.2. The van der Waals surface area contributed by atoms with Crippen LogP contribution in [0.2, 0.25) is 0 Å². The van der Waals surface area contributed by atoms with Crippen LogP contribution in [0.25, 0.3) is 5.00 Å². The first kappa shape index (κ1) is 22.2. The van der Waals surface area contributed by atoms with E-state index < -0.39 is 0 Å². The van der Waals surface area contributed by atoms with Crippen molar-refractivity contribution in [3.8, 4) is 5.00 Å². The number of hydrogen-bond acceptors (Lipinski definition) is 5. The normalized spacial score (nSPS) is 14.9. The maximum absolute atomic E-state index is 12.9. The summed E-state index contributed by atoms with van der Waals surface area (Å²) in [7, 11) is 0. The highest BCUT2D eigenvalue weighted by atomic mass is 32.1. The van der Waals surface area contributed by atoms with Gasteiger partial charge in [0.25, 0.3) is 0 Å². The van der Waals surface area contributed by atoms with Gasteiger partial charge >= 0.3 is 12.0 Å². The molecule has 6 nitrogen and oxygen atoms in total. The molecule has 2 N–H and O–H groups in total. The van der Waals surface area contributed by atoms with Gasteiger partial charge in [-0.3, -0.25) is 5.32 Å². The molecule has 0 saturated carbocycles. The number of rotatable bonds is 6. The lowest BCUT2D eigenvalue weighted by Crippen LogP contribution is -2.29. The van der Waals surface area contributed by atoms with E-state index in [1.165, 1.54) is 50.1 Å². The molecule has 3 heterocycles. The number of carbonyl (C=O) groups excluding carboxylic acids is 2. The number of nitrogens with zero attached hydrogens (tertiary/aromatic N) is 1. The molecular weight excluding hydrogens is 454 g/mol. The molecule has 0 fully saturated rings. The van der Waals surface area contributed by atoms with Gasteiger partial charge in [-0.05, 0) is 81.5 Å². The Balaban J connectivity index is 1.36.